The lowest BCUT2D eigenvalue weighted by Gasteiger charge is -2.20. The lowest BCUT2D eigenvalue weighted by molar-refractivity contribution is -0.125. The number of hydrogen-bond acceptors (Lipinski definition) is 4. The van der Waals surface area contributed by atoms with Gasteiger partial charge in [-0.25, -0.2) is 12.7 Å². The van der Waals surface area contributed by atoms with Gasteiger partial charge >= 0.3 is 0 Å². The molecule has 0 spiro atoms. The van der Waals surface area contributed by atoms with Crippen LogP contribution in [0.5, 0.6) is 0 Å². The molecule has 22 heavy (non-hydrogen) atoms. The van der Waals surface area contributed by atoms with Crippen LogP contribution in [0.3, 0.4) is 0 Å². The van der Waals surface area contributed by atoms with E-state index in [1.165, 1.54) is 14.0 Å². The zero-order valence-electron chi connectivity index (χ0n) is 13.6. The molecule has 1 N–H and O–H groups in total. The third-order valence-corrected chi connectivity index (χ3v) is 5.37. The number of aryl methyl sites for hydroxylation is 3. The average Bonchev–Trinajstić information content (AvgIpc) is 2.35. The average molecular weight is 326 g/mol. The van der Waals surface area contributed by atoms with Crippen molar-refractivity contribution in [1.82, 2.24) is 9.62 Å². The molecule has 7 heteroatoms. The van der Waals surface area contributed by atoms with Gasteiger partial charge in [0.25, 0.3) is 10.0 Å². The number of amides is 2. The maximum Gasteiger partial charge on any atom is 0.266 e. The van der Waals surface area contributed by atoms with Crippen LogP contribution >= 0.6 is 0 Å². The summed E-state index contributed by atoms with van der Waals surface area (Å²) in [6.45, 7) is 6.76. The van der Waals surface area contributed by atoms with Gasteiger partial charge in [0.1, 0.15) is 0 Å². The maximum absolute atomic E-state index is 12.6. The quantitative estimate of drug-likeness (QED) is 0.883. The molecule has 0 heterocycles. The summed E-state index contributed by atoms with van der Waals surface area (Å²) in [6, 6.07) is 3.55. The molecule has 0 aliphatic rings. The van der Waals surface area contributed by atoms with Gasteiger partial charge in [0.15, 0.2) is 0 Å². The molecular weight excluding hydrogens is 304 g/mol. The normalized spacial score (nSPS) is 11.1. The molecule has 0 saturated heterocycles. The third-order valence-electron chi connectivity index (χ3n) is 3.29. The fourth-order valence-corrected chi connectivity index (χ4v) is 3.91. The summed E-state index contributed by atoms with van der Waals surface area (Å²) in [4.78, 5) is 23.0. The smallest absolute Gasteiger partial charge is 0.266 e. The van der Waals surface area contributed by atoms with Crippen molar-refractivity contribution in [2.24, 2.45) is 0 Å². The second-order valence-corrected chi connectivity index (χ2v) is 7.23. The van der Waals surface area contributed by atoms with Crippen LogP contribution in [-0.2, 0) is 19.6 Å². The van der Waals surface area contributed by atoms with E-state index in [2.05, 4.69) is 5.32 Å². The fourth-order valence-electron chi connectivity index (χ4n) is 2.35. The van der Waals surface area contributed by atoms with E-state index in [9.17, 15) is 18.0 Å². The van der Waals surface area contributed by atoms with Gasteiger partial charge in [-0.1, -0.05) is 17.7 Å². The molecule has 0 radical (unpaired) electrons. The Morgan fingerprint density at radius 3 is 2.09 bits per heavy atom. The highest BCUT2D eigenvalue weighted by molar-refractivity contribution is 7.89. The van der Waals surface area contributed by atoms with E-state index in [-0.39, 0.29) is 23.8 Å². The fraction of sp³-hybridized carbons (Fsp3) is 0.467. The summed E-state index contributed by atoms with van der Waals surface area (Å²) in [5, 5.41) is 2.47. The number of sulfonamides is 1. The van der Waals surface area contributed by atoms with Gasteiger partial charge in [-0.2, -0.15) is 0 Å². The van der Waals surface area contributed by atoms with Crippen LogP contribution in [-0.4, -0.2) is 38.1 Å². The summed E-state index contributed by atoms with van der Waals surface area (Å²) in [5.41, 5.74) is 2.19. The monoisotopic (exact) mass is 326 g/mol. The molecule has 1 aromatic rings. The SMILES string of the molecule is CC(=O)NCCC(=O)N(C)S(=O)(=O)c1c(C)cc(C)cc1C. The number of nitrogens with zero attached hydrogens (tertiary/aromatic N) is 1. The molecule has 0 atom stereocenters. The number of benzene rings is 1. The molecule has 0 unspecified atom stereocenters. The Morgan fingerprint density at radius 1 is 1.14 bits per heavy atom. The molecule has 6 nitrogen and oxygen atoms in total. The largest absolute Gasteiger partial charge is 0.356 e. The van der Waals surface area contributed by atoms with Crippen molar-refractivity contribution < 1.29 is 18.0 Å². The predicted molar refractivity (Wildman–Crippen MR) is 83.9 cm³/mol. The first-order valence-corrected chi connectivity index (χ1v) is 8.35. The van der Waals surface area contributed by atoms with E-state index in [0.717, 1.165) is 9.87 Å². The van der Waals surface area contributed by atoms with Gasteiger partial charge in [-0.3, -0.25) is 9.59 Å². The zero-order chi connectivity index (χ0) is 17.1. The lowest BCUT2D eigenvalue weighted by Crippen LogP contribution is -2.36. The highest BCUT2D eigenvalue weighted by Crippen LogP contribution is 2.24. The molecule has 1 aromatic carbocycles. The molecule has 122 valence electrons. The molecule has 0 aromatic heterocycles. The molecule has 2 amide bonds. The molecule has 0 bridgehead atoms. The van der Waals surface area contributed by atoms with Crippen molar-refractivity contribution in [2.45, 2.75) is 39.0 Å². The summed E-state index contributed by atoms with van der Waals surface area (Å²) in [7, 11) is -2.66. The van der Waals surface area contributed by atoms with Crippen molar-refractivity contribution in [3.05, 3.63) is 28.8 Å². The first-order chi connectivity index (χ1) is 10.1. The van der Waals surface area contributed by atoms with E-state index in [1.54, 1.807) is 26.0 Å². The van der Waals surface area contributed by atoms with E-state index in [4.69, 9.17) is 0 Å². The topological polar surface area (TPSA) is 83.6 Å². The van der Waals surface area contributed by atoms with Crippen molar-refractivity contribution in [2.75, 3.05) is 13.6 Å². The highest BCUT2D eigenvalue weighted by Gasteiger charge is 2.28. The Labute approximate surface area is 131 Å². The van der Waals surface area contributed by atoms with Crippen LogP contribution in [0.4, 0.5) is 0 Å². The number of carbonyl (C=O) groups is 2. The van der Waals surface area contributed by atoms with E-state index in [1.807, 2.05) is 6.92 Å². The van der Waals surface area contributed by atoms with E-state index in [0.29, 0.717) is 11.1 Å². The van der Waals surface area contributed by atoms with Crippen molar-refractivity contribution >= 4 is 21.8 Å². The van der Waals surface area contributed by atoms with Crippen molar-refractivity contribution in [3.8, 4) is 0 Å². The van der Waals surface area contributed by atoms with Crippen molar-refractivity contribution in [3.63, 3.8) is 0 Å². The number of carbonyl (C=O) groups excluding carboxylic acids is 2. The van der Waals surface area contributed by atoms with Crippen molar-refractivity contribution in [1.29, 1.82) is 0 Å². The molecule has 0 fully saturated rings. The maximum atomic E-state index is 12.6. The number of rotatable bonds is 5. The molecule has 1 rings (SSSR count). The van der Waals surface area contributed by atoms with Gasteiger partial charge in [-0.05, 0) is 31.9 Å². The first-order valence-electron chi connectivity index (χ1n) is 6.91. The van der Waals surface area contributed by atoms with Gasteiger partial charge in [0.05, 0.1) is 4.90 Å². The summed E-state index contributed by atoms with van der Waals surface area (Å²) in [5.74, 6) is -0.823. The van der Waals surface area contributed by atoms with Crippen LogP contribution in [0.2, 0.25) is 0 Å². The van der Waals surface area contributed by atoms with Gasteiger partial charge < -0.3 is 5.32 Å². The Morgan fingerprint density at radius 2 is 1.64 bits per heavy atom. The van der Waals surface area contributed by atoms with Crippen LogP contribution in [0.1, 0.15) is 30.0 Å². The highest BCUT2D eigenvalue weighted by atomic mass is 32.2. The minimum atomic E-state index is -3.90. The third kappa shape index (κ3) is 4.07. The second kappa shape index (κ2) is 6.91. The number of nitrogens with one attached hydrogen (secondary N) is 1. The summed E-state index contributed by atoms with van der Waals surface area (Å²) in [6.07, 6.45) is -0.0702. The van der Waals surface area contributed by atoms with Crippen LogP contribution in [0, 0.1) is 20.8 Å². The van der Waals surface area contributed by atoms with Crippen LogP contribution in [0.15, 0.2) is 17.0 Å². The second-order valence-electron chi connectivity index (χ2n) is 5.33. The molecule has 0 saturated carbocycles. The Kier molecular flexibility index (Phi) is 5.71. The number of hydrogen-bond donors (Lipinski definition) is 1. The predicted octanol–water partition coefficient (Wildman–Crippen LogP) is 1.29. The van der Waals surface area contributed by atoms with Gasteiger partial charge in [-0.15, -0.1) is 0 Å². The standard InChI is InChI=1S/C15H22N2O4S/c1-10-8-11(2)15(12(3)9-10)22(20,21)17(5)14(19)6-7-16-13(4)18/h8-9H,6-7H2,1-5H3,(H,16,18). The van der Waals surface area contributed by atoms with Gasteiger partial charge in [0.2, 0.25) is 11.8 Å². The summed E-state index contributed by atoms with van der Waals surface area (Å²) < 4.78 is 26.0. The first kappa shape index (κ1) is 18.2. The molecule has 0 aliphatic heterocycles. The summed E-state index contributed by atoms with van der Waals surface area (Å²) >= 11 is 0. The minimum absolute atomic E-state index is 0.0702. The van der Waals surface area contributed by atoms with E-state index >= 15 is 0 Å². The lowest BCUT2D eigenvalue weighted by atomic mass is 10.1. The zero-order valence-corrected chi connectivity index (χ0v) is 14.4. The minimum Gasteiger partial charge on any atom is -0.356 e. The van der Waals surface area contributed by atoms with Crippen LogP contribution < -0.4 is 5.32 Å². The van der Waals surface area contributed by atoms with Gasteiger partial charge in [0, 0.05) is 26.9 Å². The molecule has 0 aliphatic carbocycles. The van der Waals surface area contributed by atoms with E-state index < -0.39 is 15.9 Å². The Bertz CT molecular complexity index is 672. The Balaban J connectivity index is 3.04. The van der Waals surface area contributed by atoms with Crippen LogP contribution in [0.25, 0.3) is 0 Å². The molecular formula is C15H22N2O4S. The Hall–Kier alpha value is -1.89.